The molecule has 0 saturated heterocycles. The van der Waals surface area contributed by atoms with E-state index in [0.717, 1.165) is 25.7 Å². The fourth-order valence-corrected chi connectivity index (χ4v) is 1.23. The molecule has 0 bridgehead atoms. The van der Waals surface area contributed by atoms with Crippen molar-refractivity contribution in [2.75, 3.05) is 20.7 Å². The Labute approximate surface area is 96.1 Å². The maximum atomic E-state index is 10.9. The lowest BCUT2D eigenvalue weighted by Crippen LogP contribution is -2.39. The number of nitrogens with one attached hydrogen (secondary N) is 1. The Morgan fingerprint density at radius 3 is 2.44 bits per heavy atom. The van der Waals surface area contributed by atoms with Gasteiger partial charge in [-0.2, -0.15) is 0 Å². The van der Waals surface area contributed by atoms with Crippen LogP contribution in [0.5, 0.6) is 0 Å². The van der Waals surface area contributed by atoms with Gasteiger partial charge >= 0.3 is 6.09 Å². The molecule has 16 heavy (non-hydrogen) atoms. The average Bonchev–Trinajstić information content (AvgIpc) is 2.25. The SMILES string of the molecule is COC(=O)N(C)NCCCCCCC(N)=O. The highest BCUT2D eigenvalue weighted by molar-refractivity contribution is 5.73. The average molecular weight is 231 g/mol. The lowest BCUT2D eigenvalue weighted by molar-refractivity contribution is -0.118. The van der Waals surface area contributed by atoms with E-state index in [1.54, 1.807) is 7.05 Å². The van der Waals surface area contributed by atoms with Crippen molar-refractivity contribution in [1.29, 1.82) is 0 Å². The van der Waals surface area contributed by atoms with Crippen LogP contribution in [0.2, 0.25) is 0 Å². The molecule has 0 atom stereocenters. The molecular weight excluding hydrogens is 210 g/mol. The molecule has 0 spiro atoms. The number of ether oxygens (including phenoxy) is 1. The Morgan fingerprint density at radius 2 is 1.88 bits per heavy atom. The topological polar surface area (TPSA) is 84.7 Å². The Kier molecular flexibility index (Phi) is 8.24. The van der Waals surface area contributed by atoms with Crippen LogP contribution in [-0.2, 0) is 9.53 Å². The zero-order chi connectivity index (χ0) is 12.4. The van der Waals surface area contributed by atoms with Gasteiger partial charge in [-0.15, -0.1) is 0 Å². The van der Waals surface area contributed by atoms with Crippen molar-refractivity contribution in [3.63, 3.8) is 0 Å². The summed E-state index contributed by atoms with van der Waals surface area (Å²) in [5, 5.41) is 1.31. The summed E-state index contributed by atoms with van der Waals surface area (Å²) < 4.78 is 4.51. The van der Waals surface area contributed by atoms with Gasteiger partial charge in [0.2, 0.25) is 5.91 Å². The molecule has 94 valence electrons. The molecule has 6 heteroatoms. The first-order valence-corrected chi connectivity index (χ1v) is 5.41. The van der Waals surface area contributed by atoms with Crippen LogP contribution in [-0.4, -0.2) is 37.7 Å². The highest BCUT2D eigenvalue weighted by Crippen LogP contribution is 2.01. The molecule has 0 rings (SSSR count). The number of unbranched alkanes of at least 4 members (excludes halogenated alkanes) is 3. The van der Waals surface area contributed by atoms with Crippen LogP contribution in [0.4, 0.5) is 4.79 Å². The van der Waals surface area contributed by atoms with Crippen molar-refractivity contribution in [2.45, 2.75) is 32.1 Å². The van der Waals surface area contributed by atoms with E-state index in [0.29, 0.717) is 13.0 Å². The Bertz CT molecular complexity index is 221. The molecule has 0 fully saturated rings. The van der Waals surface area contributed by atoms with Crippen LogP contribution >= 0.6 is 0 Å². The lowest BCUT2D eigenvalue weighted by Gasteiger charge is -2.16. The minimum absolute atomic E-state index is 0.247. The molecule has 0 heterocycles. The molecule has 0 unspecified atom stereocenters. The second-order valence-electron chi connectivity index (χ2n) is 3.57. The smallest absolute Gasteiger partial charge is 0.423 e. The van der Waals surface area contributed by atoms with Crippen molar-refractivity contribution >= 4 is 12.0 Å². The monoisotopic (exact) mass is 231 g/mol. The number of methoxy groups -OCH3 is 1. The van der Waals surface area contributed by atoms with Gasteiger partial charge in [-0.3, -0.25) is 4.79 Å². The largest absolute Gasteiger partial charge is 0.452 e. The van der Waals surface area contributed by atoms with E-state index < -0.39 is 6.09 Å². The predicted octanol–water partition coefficient (Wildman–Crippen LogP) is 0.625. The highest BCUT2D eigenvalue weighted by atomic mass is 16.5. The van der Waals surface area contributed by atoms with Gasteiger partial charge in [0.1, 0.15) is 0 Å². The van der Waals surface area contributed by atoms with Crippen LogP contribution < -0.4 is 11.2 Å². The Hall–Kier alpha value is -1.30. The summed E-state index contributed by atoms with van der Waals surface area (Å²) in [7, 11) is 2.95. The summed E-state index contributed by atoms with van der Waals surface area (Å²) in [6.45, 7) is 0.710. The van der Waals surface area contributed by atoms with Crippen molar-refractivity contribution in [3.8, 4) is 0 Å². The number of nitrogens with zero attached hydrogens (tertiary/aromatic N) is 1. The number of hydrogen-bond acceptors (Lipinski definition) is 4. The van der Waals surface area contributed by atoms with Gasteiger partial charge in [0, 0.05) is 20.0 Å². The first kappa shape index (κ1) is 14.7. The molecule has 3 N–H and O–H groups in total. The minimum Gasteiger partial charge on any atom is -0.452 e. The zero-order valence-corrected chi connectivity index (χ0v) is 9.99. The number of rotatable bonds is 8. The molecule has 0 aromatic rings. The molecule has 0 aromatic carbocycles. The fourth-order valence-electron chi connectivity index (χ4n) is 1.23. The summed E-state index contributed by atoms with van der Waals surface area (Å²) in [6.07, 6.45) is 3.81. The Morgan fingerprint density at radius 1 is 1.25 bits per heavy atom. The second-order valence-corrected chi connectivity index (χ2v) is 3.57. The molecule has 2 amide bonds. The Balaban J connectivity index is 3.27. The lowest BCUT2D eigenvalue weighted by atomic mass is 10.1. The molecule has 0 aromatic heterocycles. The van der Waals surface area contributed by atoms with E-state index in [1.165, 1.54) is 12.1 Å². The van der Waals surface area contributed by atoms with Gasteiger partial charge < -0.3 is 10.5 Å². The van der Waals surface area contributed by atoms with Gasteiger partial charge in [-0.25, -0.2) is 15.2 Å². The van der Waals surface area contributed by atoms with Crippen molar-refractivity contribution in [1.82, 2.24) is 10.4 Å². The quantitative estimate of drug-likeness (QED) is 0.474. The third-order valence-corrected chi connectivity index (χ3v) is 2.15. The molecule has 0 aliphatic carbocycles. The van der Waals surface area contributed by atoms with E-state index in [2.05, 4.69) is 10.2 Å². The van der Waals surface area contributed by atoms with Crippen LogP contribution in [0.15, 0.2) is 0 Å². The van der Waals surface area contributed by atoms with Gasteiger partial charge in [0.05, 0.1) is 7.11 Å². The van der Waals surface area contributed by atoms with Gasteiger partial charge in [0.25, 0.3) is 0 Å². The molecule has 0 aliphatic heterocycles. The third-order valence-electron chi connectivity index (χ3n) is 2.15. The maximum absolute atomic E-state index is 10.9. The van der Waals surface area contributed by atoms with Crippen LogP contribution in [0.25, 0.3) is 0 Å². The van der Waals surface area contributed by atoms with Crippen LogP contribution in [0, 0.1) is 0 Å². The molecular formula is C10H21N3O3. The first-order chi connectivity index (χ1) is 7.57. The normalized spacial score (nSPS) is 9.88. The van der Waals surface area contributed by atoms with E-state index in [-0.39, 0.29) is 5.91 Å². The number of nitrogens with two attached hydrogens (primary N) is 1. The van der Waals surface area contributed by atoms with Gasteiger partial charge in [0.15, 0.2) is 0 Å². The van der Waals surface area contributed by atoms with Crippen LogP contribution in [0.3, 0.4) is 0 Å². The van der Waals surface area contributed by atoms with Gasteiger partial charge in [-0.05, 0) is 12.8 Å². The molecule has 0 radical (unpaired) electrons. The fraction of sp³-hybridized carbons (Fsp3) is 0.800. The number of carbonyl (C=O) groups excluding carboxylic acids is 2. The molecule has 6 nitrogen and oxygen atoms in total. The summed E-state index contributed by atoms with van der Waals surface area (Å²) >= 11 is 0. The highest BCUT2D eigenvalue weighted by Gasteiger charge is 2.05. The summed E-state index contributed by atoms with van der Waals surface area (Å²) in [4.78, 5) is 21.4. The van der Waals surface area contributed by atoms with E-state index in [4.69, 9.17) is 5.73 Å². The minimum atomic E-state index is -0.409. The van der Waals surface area contributed by atoms with Gasteiger partial charge in [-0.1, -0.05) is 12.8 Å². The number of hydrogen-bond donors (Lipinski definition) is 2. The van der Waals surface area contributed by atoms with Crippen LogP contribution in [0.1, 0.15) is 32.1 Å². The van der Waals surface area contributed by atoms with Crippen molar-refractivity contribution < 1.29 is 14.3 Å². The van der Waals surface area contributed by atoms with E-state index in [1.807, 2.05) is 0 Å². The summed E-state index contributed by atoms with van der Waals surface area (Å²) in [6, 6.07) is 0. The zero-order valence-electron chi connectivity index (χ0n) is 9.99. The number of carbonyl (C=O) groups is 2. The van der Waals surface area contributed by atoms with E-state index >= 15 is 0 Å². The predicted molar refractivity (Wildman–Crippen MR) is 60.5 cm³/mol. The number of primary amides is 1. The number of hydrazine groups is 1. The molecule has 0 saturated carbocycles. The van der Waals surface area contributed by atoms with Crippen molar-refractivity contribution in [2.24, 2.45) is 5.73 Å². The van der Waals surface area contributed by atoms with Crippen molar-refractivity contribution in [3.05, 3.63) is 0 Å². The second kappa shape index (κ2) is 8.96. The van der Waals surface area contributed by atoms with E-state index in [9.17, 15) is 9.59 Å². The third kappa shape index (κ3) is 8.05. The summed E-state index contributed by atoms with van der Waals surface area (Å²) in [5.74, 6) is -0.247. The summed E-state index contributed by atoms with van der Waals surface area (Å²) in [5.41, 5.74) is 7.91. The molecule has 0 aliphatic rings. The maximum Gasteiger partial charge on any atom is 0.423 e. The standard InChI is InChI=1S/C10H21N3O3/c1-13(10(15)16-2)12-8-6-4-3-5-7-9(11)14/h12H,3-8H2,1-2H3,(H2,11,14). The number of amides is 2. The first-order valence-electron chi connectivity index (χ1n) is 5.41.